The number of ether oxygens (including phenoxy) is 2. The summed E-state index contributed by atoms with van der Waals surface area (Å²) in [6, 6.07) is 3.54. The Morgan fingerprint density at radius 1 is 1.20 bits per heavy atom. The van der Waals surface area contributed by atoms with E-state index in [1.54, 1.807) is 30.4 Å². The summed E-state index contributed by atoms with van der Waals surface area (Å²) in [6.07, 6.45) is -4.61. The number of benzene rings is 1. The van der Waals surface area contributed by atoms with Crippen LogP contribution in [0.4, 0.5) is 18.0 Å². The van der Waals surface area contributed by atoms with Gasteiger partial charge in [-0.15, -0.1) is 0 Å². The van der Waals surface area contributed by atoms with E-state index < -0.39 is 43.8 Å². The van der Waals surface area contributed by atoms with E-state index in [-0.39, 0.29) is 10.8 Å². The molecule has 0 aromatic heterocycles. The molecule has 11 heteroatoms. The number of nitrogens with one attached hydrogen (secondary N) is 2. The molecule has 0 radical (unpaired) electrons. The number of esters is 1. The Morgan fingerprint density at radius 3 is 2.52 bits per heavy atom. The summed E-state index contributed by atoms with van der Waals surface area (Å²) in [4.78, 5) is 33.7. The van der Waals surface area contributed by atoms with Crippen molar-refractivity contribution in [3.63, 3.8) is 0 Å². The van der Waals surface area contributed by atoms with E-state index >= 15 is 0 Å². The van der Waals surface area contributed by atoms with E-state index in [9.17, 15) is 27.6 Å². The van der Waals surface area contributed by atoms with Crippen LogP contribution < -0.4 is 15.4 Å². The van der Waals surface area contributed by atoms with E-state index in [2.05, 4.69) is 4.74 Å². The average molecular weight is 383 g/mol. The Hall–Kier alpha value is -2.49. The summed E-state index contributed by atoms with van der Waals surface area (Å²) in [5.41, 5.74) is 0.844. The number of hydrogen-bond donors (Lipinski definition) is 2. The highest BCUT2D eigenvalue weighted by molar-refractivity contribution is 6.32. The van der Waals surface area contributed by atoms with Gasteiger partial charge in [-0.2, -0.15) is 13.2 Å². The Labute approximate surface area is 145 Å². The molecule has 0 heterocycles. The lowest BCUT2D eigenvalue weighted by atomic mass is 10.2. The second-order valence-electron chi connectivity index (χ2n) is 4.73. The fraction of sp³-hybridized carbons (Fsp3) is 0.357. The molecule has 7 nitrogen and oxygen atoms in total. The summed E-state index contributed by atoms with van der Waals surface area (Å²) in [7, 11) is 0. The highest BCUT2D eigenvalue weighted by Crippen LogP contribution is 2.25. The molecule has 25 heavy (non-hydrogen) atoms. The third-order valence-electron chi connectivity index (χ3n) is 2.50. The second-order valence-corrected chi connectivity index (χ2v) is 5.14. The van der Waals surface area contributed by atoms with E-state index in [0.29, 0.717) is 0 Å². The topological polar surface area (TPSA) is 93.7 Å². The first-order valence-electron chi connectivity index (χ1n) is 6.76. The summed E-state index contributed by atoms with van der Waals surface area (Å²) in [5.74, 6) is -1.78. The minimum atomic E-state index is -4.61. The third kappa shape index (κ3) is 8.80. The maximum atomic E-state index is 11.9. The SMILES string of the molecule is Cc1ccc(Cl)c(OCC(=O)OCC(=O)NC(=O)NCC(F)(F)F)c1. The minimum Gasteiger partial charge on any atom is -0.480 e. The number of imide groups is 1. The number of amides is 3. The van der Waals surface area contributed by atoms with Gasteiger partial charge in [0.25, 0.3) is 5.91 Å². The van der Waals surface area contributed by atoms with E-state index in [4.69, 9.17) is 16.3 Å². The zero-order valence-corrected chi connectivity index (χ0v) is 13.7. The molecule has 138 valence electrons. The molecule has 0 aliphatic rings. The fourth-order valence-corrected chi connectivity index (χ4v) is 1.61. The van der Waals surface area contributed by atoms with Crippen molar-refractivity contribution in [3.8, 4) is 5.75 Å². The highest BCUT2D eigenvalue weighted by Gasteiger charge is 2.28. The van der Waals surface area contributed by atoms with Gasteiger partial charge in [-0.05, 0) is 24.6 Å². The van der Waals surface area contributed by atoms with Crippen molar-refractivity contribution in [2.45, 2.75) is 13.1 Å². The molecule has 0 aliphatic carbocycles. The van der Waals surface area contributed by atoms with Gasteiger partial charge < -0.3 is 14.8 Å². The fourth-order valence-electron chi connectivity index (χ4n) is 1.43. The molecule has 0 atom stereocenters. The molecule has 0 bridgehead atoms. The molecule has 0 spiro atoms. The largest absolute Gasteiger partial charge is 0.480 e. The molecule has 1 aromatic rings. The molecule has 2 N–H and O–H groups in total. The van der Waals surface area contributed by atoms with Gasteiger partial charge in [0.1, 0.15) is 12.3 Å². The van der Waals surface area contributed by atoms with Crippen LogP contribution >= 0.6 is 11.6 Å². The molecular weight excluding hydrogens is 369 g/mol. The van der Waals surface area contributed by atoms with Crippen molar-refractivity contribution in [1.29, 1.82) is 0 Å². The van der Waals surface area contributed by atoms with Gasteiger partial charge in [-0.3, -0.25) is 10.1 Å². The third-order valence-corrected chi connectivity index (χ3v) is 2.81. The maximum Gasteiger partial charge on any atom is 0.405 e. The van der Waals surface area contributed by atoms with E-state index in [0.717, 1.165) is 5.56 Å². The lowest BCUT2D eigenvalue weighted by molar-refractivity contribution is -0.150. The van der Waals surface area contributed by atoms with E-state index in [1.807, 2.05) is 0 Å². The zero-order chi connectivity index (χ0) is 19.0. The Morgan fingerprint density at radius 2 is 1.88 bits per heavy atom. The predicted molar refractivity (Wildman–Crippen MR) is 80.2 cm³/mol. The number of urea groups is 1. The molecule has 0 unspecified atom stereocenters. The van der Waals surface area contributed by atoms with Crippen molar-refractivity contribution in [1.82, 2.24) is 10.6 Å². The number of alkyl halides is 3. The van der Waals surface area contributed by atoms with Crippen LogP contribution in [0.15, 0.2) is 18.2 Å². The Bertz CT molecular complexity index is 652. The molecule has 3 amide bonds. The number of rotatable bonds is 6. The van der Waals surface area contributed by atoms with Gasteiger partial charge in [0, 0.05) is 0 Å². The normalized spacial score (nSPS) is 10.8. The predicted octanol–water partition coefficient (Wildman–Crippen LogP) is 1.96. The van der Waals surface area contributed by atoms with Crippen LogP contribution in [0.2, 0.25) is 5.02 Å². The molecule has 0 aliphatic heterocycles. The first kappa shape index (κ1) is 20.6. The van der Waals surface area contributed by atoms with Crippen LogP contribution in [0.25, 0.3) is 0 Å². The minimum absolute atomic E-state index is 0.245. The van der Waals surface area contributed by atoms with Crippen molar-refractivity contribution in [3.05, 3.63) is 28.8 Å². The molecule has 0 saturated carbocycles. The summed E-state index contributed by atoms with van der Waals surface area (Å²) in [5, 5.41) is 3.27. The van der Waals surface area contributed by atoms with Crippen molar-refractivity contribution >= 4 is 29.5 Å². The number of carbonyl (C=O) groups is 3. The maximum absolute atomic E-state index is 11.9. The van der Waals surface area contributed by atoms with Crippen molar-refractivity contribution in [2.75, 3.05) is 19.8 Å². The van der Waals surface area contributed by atoms with Gasteiger partial charge in [-0.25, -0.2) is 9.59 Å². The molecule has 0 fully saturated rings. The zero-order valence-electron chi connectivity index (χ0n) is 12.9. The van der Waals surface area contributed by atoms with Gasteiger partial charge in [0.2, 0.25) is 0 Å². The van der Waals surface area contributed by atoms with Crippen LogP contribution in [0.3, 0.4) is 0 Å². The lowest BCUT2D eigenvalue weighted by Crippen LogP contribution is -2.44. The highest BCUT2D eigenvalue weighted by atomic mass is 35.5. The van der Waals surface area contributed by atoms with Crippen LogP contribution in [0.1, 0.15) is 5.56 Å². The molecule has 1 aromatic carbocycles. The Kier molecular flexibility index (Phi) is 7.49. The number of aryl methyl sites for hydroxylation is 1. The molecule has 0 saturated heterocycles. The first-order valence-corrected chi connectivity index (χ1v) is 7.13. The smallest absolute Gasteiger partial charge is 0.405 e. The van der Waals surface area contributed by atoms with Crippen LogP contribution in [0.5, 0.6) is 5.75 Å². The van der Waals surface area contributed by atoms with Crippen molar-refractivity contribution < 1.29 is 37.0 Å². The lowest BCUT2D eigenvalue weighted by Gasteiger charge is -2.10. The van der Waals surface area contributed by atoms with Gasteiger partial charge >= 0.3 is 18.2 Å². The average Bonchev–Trinajstić information content (AvgIpc) is 2.51. The van der Waals surface area contributed by atoms with Crippen molar-refractivity contribution in [2.24, 2.45) is 0 Å². The Balaban J connectivity index is 2.30. The quantitative estimate of drug-likeness (QED) is 0.734. The second kappa shape index (κ2) is 9.11. The van der Waals surface area contributed by atoms with Gasteiger partial charge in [0.15, 0.2) is 13.2 Å². The van der Waals surface area contributed by atoms with Gasteiger partial charge in [-0.1, -0.05) is 17.7 Å². The first-order chi connectivity index (χ1) is 11.6. The van der Waals surface area contributed by atoms with Crippen LogP contribution in [0, 0.1) is 6.92 Å². The number of halogens is 4. The van der Waals surface area contributed by atoms with E-state index in [1.165, 1.54) is 5.32 Å². The van der Waals surface area contributed by atoms with Gasteiger partial charge in [0.05, 0.1) is 5.02 Å². The molecule has 1 rings (SSSR count). The monoisotopic (exact) mass is 382 g/mol. The van der Waals surface area contributed by atoms with Crippen LogP contribution in [-0.4, -0.2) is 43.8 Å². The standard InChI is InChI=1S/C14H14ClF3N2O5/c1-8-2-3-9(15)10(4-8)24-6-12(22)25-5-11(21)20-13(23)19-7-14(16,17)18/h2-4H,5-7H2,1H3,(H2,19,20,21,23). The summed E-state index contributed by atoms with van der Waals surface area (Å²) >= 11 is 5.86. The number of carbonyl (C=O) groups excluding carboxylic acids is 3. The summed E-state index contributed by atoms with van der Waals surface area (Å²) in [6.45, 7) is -1.22. The van der Waals surface area contributed by atoms with Crippen LogP contribution in [-0.2, 0) is 14.3 Å². The molecular formula is C14H14ClF3N2O5. The number of hydrogen-bond acceptors (Lipinski definition) is 5. The summed E-state index contributed by atoms with van der Waals surface area (Å²) < 4.78 is 45.2.